The van der Waals surface area contributed by atoms with Crippen molar-refractivity contribution in [3.05, 3.63) is 46.5 Å². The van der Waals surface area contributed by atoms with Crippen LogP contribution in [0.2, 0.25) is 0 Å². The van der Waals surface area contributed by atoms with Crippen molar-refractivity contribution in [1.82, 2.24) is 4.90 Å². The molecule has 1 aromatic carbocycles. The van der Waals surface area contributed by atoms with E-state index in [9.17, 15) is 9.18 Å². The van der Waals surface area contributed by atoms with Crippen LogP contribution in [0.5, 0.6) is 0 Å². The van der Waals surface area contributed by atoms with Crippen LogP contribution >= 0.6 is 0 Å². The number of nitrogens with one attached hydrogen (secondary N) is 1. The Kier molecular flexibility index (Phi) is 3.23. The number of carbonyl (C=O) groups excluding carboxylic acids is 1. The number of nitrogens with zero attached hydrogens (tertiary/aromatic N) is 3. The van der Waals surface area contributed by atoms with Crippen molar-refractivity contribution in [3.8, 4) is 0 Å². The molecule has 1 amide bonds. The third-order valence-corrected chi connectivity index (χ3v) is 4.13. The molecule has 0 spiro atoms. The number of benzene rings is 1. The number of hydrogen-bond acceptors (Lipinski definition) is 5. The number of hydrogen-bond donors (Lipinski definition) is 1. The van der Waals surface area contributed by atoms with Gasteiger partial charge in [-0.1, -0.05) is 6.07 Å². The van der Waals surface area contributed by atoms with E-state index in [0.717, 1.165) is 6.54 Å². The lowest BCUT2D eigenvalue weighted by Crippen LogP contribution is -2.30. The largest absolute Gasteiger partial charge is 0.442 e. The molecule has 4 rings (SSSR count). The molecule has 2 aliphatic heterocycles. The van der Waals surface area contributed by atoms with E-state index < -0.39 is 0 Å². The zero-order valence-corrected chi connectivity index (χ0v) is 13.3. The van der Waals surface area contributed by atoms with Crippen molar-refractivity contribution in [2.24, 2.45) is 9.98 Å². The molecule has 2 aromatic rings. The standard InChI is InChI=1S/C17H15FN4O2/c1-9-3-4-11(7-12(9)18)21-16(23)13-10(2)24-17-14(13)15-19-5-6-22(15)8-20-17/h3-4,7-8H,5-6H2,1-2H3,(H,21,23). The van der Waals surface area contributed by atoms with Crippen molar-refractivity contribution in [1.29, 1.82) is 0 Å². The molecule has 24 heavy (non-hydrogen) atoms. The van der Waals surface area contributed by atoms with Gasteiger partial charge in [0.1, 0.15) is 23.8 Å². The Morgan fingerprint density at radius 2 is 2.21 bits per heavy atom. The third kappa shape index (κ3) is 2.20. The fraction of sp³-hybridized carbons (Fsp3) is 0.235. The van der Waals surface area contributed by atoms with Gasteiger partial charge in [-0.05, 0) is 31.5 Å². The van der Waals surface area contributed by atoms with Crippen LogP contribution in [0, 0.1) is 19.7 Å². The van der Waals surface area contributed by atoms with E-state index in [-0.39, 0.29) is 11.7 Å². The van der Waals surface area contributed by atoms with Crippen LogP contribution < -0.4 is 5.32 Å². The maximum Gasteiger partial charge on any atom is 0.260 e. The summed E-state index contributed by atoms with van der Waals surface area (Å²) in [7, 11) is 0. The van der Waals surface area contributed by atoms with Gasteiger partial charge < -0.3 is 14.6 Å². The number of aliphatic imine (C=N–C) groups is 2. The minimum Gasteiger partial charge on any atom is -0.442 e. The molecule has 122 valence electrons. The molecule has 0 aliphatic carbocycles. The number of amides is 1. The van der Waals surface area contributed by atoms with E-state index in [1.165, 1.54) is 6.07 Å². The highest BCUT2D eigenvalue weighted by Gasteiger charge is 2.33. The molecule has 0 fully saturated rings. The van der Waals surface area contributed by atoms with Crippen molar-refractivity contribution in [2.45, 2.75) is 13.8 Å². The molecular formula is C17H15FN4O2. The minimum atomic E-state index is -0.368. The maximum atomic E-state index is 13.7. The molecule has 0 unspecified atom stereocenters. The summed E-state index contributed by atoms with van der Waals surface area (Å²) in [4.78, 5) is 23.3. The molecule has 0 radical (unpaired) electrons. The van der Waals surface area contributed by atoms with Crippen molar-refractivity contribution in [2.75, 3.05) is 18.4 Å². The maximum absolute atomic E-state index is 13.7. The number of carbonyl (C=O) groups is 1. The first kappa shape index (κ1) is 14.6. The summed E-state index contributed by atoms with van der Waals surface area (Å²) in [6, 6.07) is 4.58. The predicted octanol–water partition coefficient (Wildman–Crippen LogP) is 3.02. The van der Waals surface area contributed by atoms with Crippen molar-refractivity contribution < 1.29 is 13.6 Å². The molecule has 0 bridgehead atoms. The van der Waals surface area contributed by atoms with E-state index in [2.05, 4.69) is 15.3 Å². The molecule has 0 saturated carbocycles. The van der Waals surface area contributed by atoms with Crippen LogP contribution in [0.1, 0.15) is 27.2 Å². The van der Waals surface area contributed by atoms with Crippen LogP contribution in [-0.4, -0.2) is 36.1 Å². The third-order valence-electron chi connectivity index (χ3n) is 4.13. The van der Waals surface area contributed by atoms with Crippen molar-refractivity contribution in [3.63, 3.8) is 0 Å². The summed E-state index contributed by atoms with van der Waals surface area (Å²) in [6.07, 6.45) is 1.66. The van der Waals surface area contributed by atoms with Crippen LogP contribution in [0.3, 0.4) is 0 Å². The van der Waals surface area contributed by atoms with Gasteiger partial charge in [-0.2, -0.15) is 0 Å². The van der Waals surface area contributed by atoms with Crippen LogP contribution in [0.15, 0.2) is 32.6 Å². The van der Waals surface area contributed by atoms with Gasteiger partial charge in [-0.3, -0.25) is 9.79 Å². The van der Waals surface area contributed by atoms with E-state index in [1.807, 2.05) is 4.90 Å². The Balaban J connectivity index is 1.72. The smallest absolute Gasteiger partial charge is 0.260 e. The fourth-order valence-electron chi connectivity index (χ4n) is 2.88. The molecule has 2 aliphatic rings. The number of fused-ring (bicyclic) bond motifs is 3. The number of rotatable bonds is 2. The number of anilines is 1. The van der Waals surface area contributed by atoms with Gasteiger partial charge in [-0.15, -0.1) is 0 Å². The quantitative estimate of drug-likeness (QED) is 0.922. The van der Waals surface area contributed by atoms with E-state index in [4.69, 9.17) is 4.42 Å². The molecule has 1 N–H and O–H groups in total. The zero-order valence-electron chi connectivity index (χ0n) is 13.3. The number of furan rings is 1. The summed E-state index contributed by atoms with van der Waals surface area (Å²) in [5.74, 6) is 0.794. The summed E-state index contributed by atoms with van der Waals surface area (Å²) in [5, 5.41) is 2.72. The monoisotopic (exact) mass is 326 g/mol. The number of amidine groups is 1. The Bertz CT molecular complexity index is 914. The van der Waals surface area contributed by atoms with Gasteiger partial charge in [0, 0.05) is 12.2 Å². The SMILES string of the molecule is Cc1ccc(NC(=O)c2c(C)oc3c2C2=NCCN2C=N3)cc1F. The second-order valence-electron chi connectivity index (χ2n) is 5.77. The highest BCUT2D eigenvalue weighted by atomic mass is 19.1. The van der Waals surface area contributed by atoms with Gasteiger partial charge in [0.25, 0.3) is 5.91 Å². The summed E-state index contributed by atoms with van der Waals surface area (Å²) in [6.45, 7) is 4.75. The van der Waals surface area contributed by atoms with Crippen molar-refractivity contribution >= 4 is 29.7 Å². The average Bonchev–Trinajstić information content (AvgIpc) is 3.13. The van der Waals surface area contributed by atoms with Gasteiger partial charge in [0.2, 0.25) is 5.88 Å². The average molecular weight is 326 g/mol. The summed E-state index contributed by atoms with van der Waals surface area (Å²) in [5.41, 5.74) is 1.89. The molecule has 0 atom stereocenters. The van der Waals surface area contributed by atoms with Gasteiger partial charge >= 0.3 is 0 Å². The first-order chi connectivity index (χ1) is 11.5. The van der Waals surface area contributed by atoms with E-state index in [0.29, 0.717) is 46.4 Å². The lowest BCUT2D eigenvalue weighted by molar-refractivity contribution is 0.102. The zero-order chi connectivity index (χ0) is 16.8. The van der Waals surface area contributed by atoms with Crippen LogP contribution in [0.4, 0.5) is 16.0 Å². The molecule has 6 nitrogen and oxygen atoms in total. The lowest BCUT2D eigenvalue weighted by Gasteiger charge is -2.18. The molecule has 3 heterocycles. The second kappa shape index (κ2) is 5.30. The molecular weight excluding hydrogens is 311 g/mol. The molecule has 1 aromatic heterocycles. The topological polar surface area (TPSA) is 70.2 Å². The summed E-state index contributed by atoms with van der Waals surface area (Å²) < 4.78 is 19.3. The highest BCUT2D eigenvalue weighted by molar-refractivity contribution is 6.19. The van der Waals surface area contributed by atoms with E-state index in [1.54, 1.807) is 32.3 Å². The Labute approximate surface area is 137 Å². The van der Waals surface area contributed by atoms with Gasteiger partial charge in [0.05, 0.1) is 17.7 Å². The Morgan fingerprint density at radius 1 is 1.38 bits per heavy atom. The first-order valence-corrected chi connectivity index (χ1v) is 7.61. The van der Waals surface area contributed by atoms with Gasteiger partial charge in [-0.25, -0.2) is 9.38 Å². The van der Waals surface area contributed by atoms with E-state index >= 15 is 0 Å². The first-order valence-electron chi connectivity index (χ1n) is 7.61. The van der Waals surface area contributed by atoms with Crippen LogP contribution in [-0.2, 0) is 0 Å². The minimum absolute atomic E-state index is 0.366. The molecule has 0 saturated heterocycles. The predicted molar refractivity (Wildman–Crippen MR) is 88.8 cm³/mol. The summed E-state index contributed by atoms with van der Waals surface area (Å²) >= 11 is 0. The Morgan fingerprint density at radius 3 is 3.00 bits per heavy atom. The number of halogens is 1. The molecule has 7 heteroatoms. The second-order valence-corrected chi connectivity index (χ2v) is 5.77. The normalized spacial score (nSPS) is 15.1. The highest BCUT2D eigenvalue weighted by Crippen LogP contribution is 2.34. The lowest BCUT2D eigenvalue weighted by atomic mass is 10.1. The van der Waals surface area contributed by atoms with Gasteiger partial charge in [0.15, 0.2) is 0 Å². The number of aryl methyl sites for hydroxylation is 2. The fourth-order valence-corrected chi connectivity index (χ4v) is 2.88. The van der Waals surface area contributed by atoms with Crippen LogP contribution in [0.25, 0.3) is 0 Å². The Hall–Kier alpha value is -2.96.